The van der Waals surface area contributed by atoms with Crippen molar-refractivity contribution < 1.29 is 4.39 Å². The number of nitrogens with one attached hydrogen (secondary N) is 1. The van der Waals surface area contributed by atoms with E-state index in [0.29, 0.717) is 15.2 Å². The summed E-state index contributed by atoms with van der Waals surface area (Å²) in [7, 11) is 1.73. The van der Waals surface area contributed by atoms with Gasteiger partial charge >= 0.3 is 0 Å². The molecule has 0 unspecified atom stereocenters. The molecule has 0 saturated carbocycles. The topological polar surface area (TPSA) is 12.0 Å². The molecule has 0 fully saturated rings. The van der Waals surface area contributed by atoms with Gasteiger partial charge < -0.3 is 5.32 Å². The molecule has 11 heavy (non-hydrogen) atoms. The summed E-state index contributed by atoms with van der Waals surface area (Å²) in [5.74, 6) is -0.353. The minimum absolute atomic E-state index is 0.353. The van der Waals surface area contributed by atoms with Crippen LogP contribution in [0.1, 0.15) is 0 Å². The minimum atomic E-state index is -0.353. The van der Waals surface area contributed by atoms with E-state index in [1.807, 2.05) is 0 Å². The largest absolute Gasteiger partial charge is 0.387 e. The average Bonchev–Trinajstić information content (AvgIpc) is 1.97. The van der Waals surface area contributed by atoms with E-state index >= 15 is 0 Å². The molecule has 60 valence electrons. The maximum absolute atomic E-state index is 12.7. The van der Waals surface area contributed by atoms with Crippen LogP contribution in [0.2, 0.25) is 5.02 Å². The molecule has 4 heteroatoms. The SMILES string of the molecule is CNc1cc(Br)c(F)cc1Cl. The first-order valence-electron chi connectivity index (χ1n) is 2.97. The predicted molar refractivity (Wildman–Crippen MR) is 48.7 cm³/mol. The van der Waals surface area contributed by atoms with Gasteiger partial charge in [0.1, 0.15) is 5.82 Å². The highest BCUT2D eigenvalue weighted by Gasteiger charge is 2.04. The lowest BCUT2D eigenvalue weighted by Gasteiger charge is -2.03. The Morgan fingerprint density at radius 3 is 2.73 bits per heavy atom. The second-order valence-electron chi connectivity index (χ2n) is 2.00. The maximum atomic E-state index is 12.7. The fourth-order valence-electron chi connectivity index (χ4n) is 0.714. The van der Waals surface area contributed by atoms with Crippen molar-refractivity contribution in [3.8, 4) is 0 Å². The summed E-state index contributed by atoms with van der Waals surface area (Å²) in [5, 5.41) is 3.22. The molecule has 0 saturated heterocycles. The Balaban J connectivity index is 3.21. The summed E-state index contributed by atoms with van der Waals surface area (Å²) in [6, 6.07) is 2.86. The summed E-state index contributed by atoms with van der Waals surface area (Å²) in [4.78, 5) is 0. The van der Waals surface area contributed by atoms with Crippen LogP contribution in [0.5, 0.6) is 0 Å². The van der Waals surface area contributed by atoms with Crippen LogP contribution in [0.4, 0.5) is 10.1 Å². The summed E-state index contributed by atoms with van der Waals surface area (Å²) < 4.78 is 13.1. The third kappa shape index (κ3) is 1.84. The van der Waals surface area contributed by atoms with Gasteiger partial charge in [0.15, 0.2) is 0 Å². The highest BCUT2D eigenvalue weighted by molar-refractivity contribution is 9.10. The Labute approximate surface area is 77.7 Å². The van der Waals surface area contributed by atoms with E-state index in [2.05, 4.69) is 21.2 Å². The van der Waals surface area contributed by atoms with E-state index in [0.717, 1.165) is 0 Å². The fraction of sp³-hybridized carbons (Fsp3) is 0.143. The first kappa shape index (κ1) is 8.81. The average molecular weight is 238 g/mol. The molecule has 1 aromatic rings. The van der Waals surface area contributed by atoms with Crippen LogP contribution in [0.3, 0.4) is 0 Å². The molecule has 0 atom stereocenters. The van der Waals surface area contributed by atoms with Gasteiger partial charge in [0.25, 0.3) is 0 Å². The Kier molecular flexibility index (Phi) is 2.73. The van der Waals surface area contributed by atoms with Gasteiger partial charge in [-0.25, -0.2) is 4.39 Å². The third-order valence-corrected chi connectivity index (χ3v) is 2.20. The second kappa shape index (κ2) is 3.41. The smallest absolute Gasteiger partial charge is 0.139 e. The number of rotatable bonds is 1. The minimum Gasteiger partial charge on any atom is -0.387 e. The van der Waals surface area contributed by atoms with Gasteiger partial charge in [-0.2, -0.15) is 0 Å². The summed E-state index contributed by atoms with van der Waals surface area (Å²) in [6.07, 6.45) is 0. The lowest BCUT2D eigenvalue weighted by Crippen LogP contribution is -1.90. The maximum Gasteiger partial charge on any atom is 0.139 e. The molecule has 0 aliphatic rings. The zero-order valence-corrected chi connectivity index (χ0v) is 8.13. The zero-order chi connectivity index (χ0) is 8.43. The molecule has 0 radical (unpaired) electrons. The van der Waals surface area contributed by atoms with E-state index < -0.39 is 0 Å². The van der Waals surface area contributed by atoms with Gasteiger partial charge in [0.05, 0.1) is 15.2 Å². The molecule has 0 heterocycles. The first-order valence-corrected chi connectivity index (χ1v) is 4.14. The molecule has 1 N–H and O–H groups in total. The fourth-order valence-corrected chi connectivity index (χ4v) is 1.30. The Hall–Kier alpha value is -0.280. The molecule has 1 nitrogen and oxygen atoms in total. The molecule has 0 bridgehead atoms. The molecule has 0 amide bonds. The van der Waals surface area contributed by atoms with Crippen LogP contribution < -0.4 is 5.32 Å². The van der Waals surface area contributed by atoms with Crippen LogP contribution in [0.25, 0.3) is 0 Å². The standard InChI is InChI=1S/C7H6BrClFN/c1-11-7-2-4(8)6(10)3-5(7)9/h2-3,11H,1H3. The molecule has 0 aromatic heterocycles. The zero-order valence-electron chi connectivity index (χ0n) is 5.79. The van der Waals surface area contributed by atoms with Gasteiger partial charge in [0.2, 0.25) is 0 Å². The van der Waals surface area contributed by atoms with Crippen molar-refractivity contribution in [2.24, 2.45) is 0 Å². The lowest BCUT2D eigenvalue weighted by atomic mass is 10.3. The second-order valence-corrected chi connectivity index (χ2v) is 3.26. The quantitative estimate of drug-likeness (QED) is 0.741. The Morgan fingerprint density at radius 2 is 2.18 bits per heavy atom. The van der Waals surface area contributed by atoms with Crippen LogP contribution in [0.15, 0.2) is 16.6 Å². The van der Waals surface area contributed by atoms with Crippen molar-refractivity contribution in [2.75, 3.05) is 12.4 Å². The van der Waals surface area contributed by atoms with Crippen molar-refractivity contribution in [3.63, 3.8) is 0 Å². The molecule has 0 spiro atoms. The van der Waals surface area contributed by atoms with E-state index in [-0.39, 0.29) is 5.82 Å². The Bertz CT molecular complexity index is 277. The van der Waals surface area contributed by atoms with Crippen LogP contribution in [-0.4, -0.2) is 7.05 Å². The molecular weight excluding hydrogens is 232 g/mol. The summed E-state index contributed by atoms with van der Waals surface area (Å²) >= 11 is 8.73. The van der Waals surface area contributed by atoms with Crippen LogP contribution in [0, 0.1) is 5.82 Å². The van der Waals surface area contributed by atoms with Gasteiger partial charge in [-0.1, -0.05) is 11.6 Å². The van der Waals surface area contributed by atoms with Gasteiger partial charge in [0, 0.05) is 7.05 Å². The monoisotopic (exact) mass is 237 g/mol. The van der Waals surface area contributed by atoms with Crippen molar-refractivity contribution >= 4 is 33.2 Å². The lowest BCUT2D eigenvalue weighted by molar-refractivity contribution is 0.621. The van der Waals surface area contributed by atoms with Crippen LogP contribution in [-0.2, 0) is 0 Å². The van der Waals surface area contributed by atoms with E-state index in [1.165, 1.54) is 6.07 Å². The molecule has 0 aliphatic heterocycles. The van der Waals surface area contributed by atoms with E-state index in [9.17, 15) is 4.39 Å². The Morgan fingerprint density at radius 1 is 1.55 bits per heavy atom. The molecule has 0 aliphatic carbocycles. The number of hydrogen-bond acceptors (Lipinski definition) is 1. The van der Waals surface area contributed by atoms with Crippen molar-refractivity contribution in [2.45, 2.75) is 0 Å². The normalized spacial score (nSPS) is 9.82. The molecular formula is C7H6BrClFN. The van der Waals surface area contributed by atoms with E-state index in [4.69, 9.17) is 11.6 Å². The van der Waals surface area contributed by atoms with Crippen molar-refractivity contribution in [1.82, 2.24) is 0 Å². The molecule has 1 aromatic carbocycles. The molecule has 1 rings (SSSR count). The highest BCUT2D eigenvalue weighted by Crippen LogP contribution is 2.27. The van der Waals surface area contributed by atoms with Crippen molar-refractivity contribution in [1.29, 1.82) is 0 Å². The number of anilines is 1. The number of halogens is 3. The third-order valence-electron chi connectivity index (χ3n) is 1.28. The van der Waals surface area contributed by atoms with Gasteiger partial charge in [-0.05, 0) is 28.1 Å². The first-order chi connectivity index (χ1) is 5.15. The van der Waals surface area contributed by atoms with E-state index in [1.54, 1.807) is 13.1 Å². The van der Waals surface area contributed by atoms with Gasteiger partial charge in [-0.15, -0.1) is 0 Å². The van der Waals surface area contributed by atoms with Crippen LogP contribution >= 0.6 is 27.5 Å². The summed E-state index contributed by atoms with van der Waals surface area (Å²) in [5.41, 5.74) is 0.708. The highest BCUT2D eigenvalue weighted by atomic mass is 79.9. The predicted octanol–water partition coefficient (Wildman–Crippen LogP) is 3.28. The van der Waals surface area contributed by atoms with Gasteiger partial charge in [-0.3, -0.25) is 0 Å². The number of benzene rings is 1. The van der Waals surface area contributed by atoms with Crippen molar-refractivity contribution in [3.05, 3.63) is 27.4 Å². The number of hydrogen-bond donors (Lipinski definition) is 1. The summed E-state index contributed by atoms with van der Waals surface area (Å²) in [6.45, 7) is 0.